The quantitative estimate of drug-likeness (QED) is 0.691. The molecule has 1 heterocycles. The molecule has 1 aliphatic heterocycles. The third kappa shape index (κ3) is 3.76. The molecule has 27 heavy (non-hydrogen) atoms. The van der Waals surface area contributed by atoms with Crippen LogP contribution in [0.2, 0.25) is 0 Å². The molecule has 3 nitrogen and oxygen atoms in total. The van der Waals surface area contributed by atoms with Gasteiger partial charge in [0.1, 0.15) is 11.4 Å². The van der Waals surface area contributed by atoms with Gasteiger partial charge in [0.25, 0.3) is 0 Å². The van der Waals surface area contributed by atoms with Crippen LogP contribution in [-0.4, -0.2) is 31.2 Å². The van der Waals surface area contributed by atoms with Crippen LogP contribution >= 0.6 is 0 Å². The highest BCUT2D eigenvalue weighted by Gasteiger charge is 2.42. The van der Waals surface area contributed by atoms with Gasteiger partial charge < -0.3 is 9.22 Å². The number of nitrogens with zero attached hydrogens (tertiary/aromatic N) is 2. The second kappa shape index (κ2) is 7.42. The van der Waals surface area contributed by atoms with Crippen molar-refractivity contribution in [3.63, 3.8) is 0 Å². The molecule has 0 aliphatic carbocycles. The molecular formula is C23H28FN2O+. The average molecular weight is 367 g/mol. The lowest BCUT2D eigenvalue weighted by molar-refractivity contribution is -0.911. The second-order valence-corrected chi connectivity index (χ2v) is 8.31. The van der Waals surface area contributed by atoms with Gasteiger partial charge in [-0.1, -0.05) is 18.2 Å². The van der Waals surface area contributed by atoms with Crippen molar-refractivity contribution in [2.45, 2.75) is 44.9 Å². The Morgan fingerprint density at radius 1 is 1.19 bits per heavy atom. The second-order valence-electron chi connectivity index (χ2n) is 8.31. The molecule has 0 amide bonds. The fourth-order valence-electron chi connectivity index (χ4n) is 3.76. The molecule has 0 aromatic heterocycles. The zero-order valence-electron chi connectivity index (χ0n) is 16.6. The number of hydrogen-bond acceptors (Lipinski definition) is 2. The zero-order chi connectivity index (χ0) is 19.7. The monoisotopic (exact) mass is 367 g/mol. The fourth-order valence-corrected chi connectivity index (χ4v) is 3.76. The summed E-state index contributed by atoms with van der Waals surface area (Å²) in [5, 5.41) is 9.19. The summed E-state index contributed by atoms with van der Waals surface area (Å²) < 4.78 is 20.8. The molecule has 3 rings (SSSR count). The summed E-state index contributed by atoms with van der Waals surface area (Å²) in [6.45, 7) is 5.99. The standard InChI is InChI=1S/C23H28FN2O/c1-17(2)26(3,4)13-5-12-23(20-7-9-21(24)10-8-20)22-11-6-18(15-25)14-19(22)16-27-23/h6-11,14,17H,5,12-13,16H2,1-4H3/q+1. The van der Waals surface area contributed by atoms with E-state index in [-0.39, 0.29) is 5.82 Å². The number of rotatable bonds is 6. The Hall–Kier alpha value is -2.22. The lowest BCUT2D eigenvalue weighted by Crippen LogP contribution is -2.46. The van der Waals surface area contributed by atoms with E-state index in [9.17, 15) is 9.65 Å². The summed E-state index contributed by atoms with van der Waals surface area (Å²) in [6.07, 6.45) is 1.81. The first-order chi connectivity index (χ1) is 12.8. The lowest BCUT2D eigenvalue weighted by atomic mass is 9.81. The van der Waals surface area contributed by atoms with Crippen LogP contribution in [0.15, 0.2) is 42.5 Å². The van der Waals surface area contributed by atoms with Crippen LogP contribution in [0, 0.1) is 17.1 Å². The van der Waals surface area contributed by atoms with Gasteiger partial charge in [0, 0.05) is 0 Å². The first-order valence-corrected chi connectivity index (χ1v) is 9.55. The molecule has 0 radical (unpaired) electrons. The molecule has 0 bridgehead atoms. The minimum Gasteiger partial charge on any atom is -0.361 e. The summed E-state index contributed by atoms with van der Waals surface area (Å²) in [4.78, 5) is 0. The number of benzene rings is 2. The van der Waals surface area contributed by atoms with Gasteiger partial charge in [0.2, 0.25) is 0 Å². The van der Waals surface area contributed by atoms with E-state index in [2.05, 4.69) is 34.0 Å². The highest BCUT2D eigenvalue weighted by Crippen LogP contribution is 2.45. The first kappa shape index (κ1) is 19.5. The number of halogens is 1. The number of ether oxygens (including phenoxy) is 1. The van der Waals surface area contributed by atoms with Crippen LogP contribution in [0.25, 0.3) is 0 Å². The molecule has 4 heteroatoms. The molecule has 2 aromatic carbocycles. The third-order valence-electron chi connectivity index (χ3n) is 6.12. The van der Waals surface area contributed by atoms with Crippen LogP contribution < -0.4 is 0 Å². The summed E-state index contributed by atoms with van der Waals surface area (Å²) in [6, 6.07) is 15.1. The van der Waals surface area contributed by atoms with Gasteiger partial charge in [-0.05, 0) is 67.6 Å². The Morgan fingerprint density at radius 3 is 2.52 bits per heavy atom. The predicted molar refractivity (Wildman–Crippen MR) is 104 cm³/mol. The largest absolute Gasteiger partial charge is 0.361 e. The first-order valence-electron chi connectivity index (χ1n) is 9.55. The van der Waals surface area contributed by atoms with Crippen LogP contribution in [0.3, 0.4) is 0 Å². The van der Waals surface area contributed by atoms with Crippen molar-refractivity contribution in [3.8, 4) is 6.07 Å². The predicted octanol–water partition coefficient (Wildman–Crippen LogP) is 4.74. The molecule has 0 saturated carbocycles. The molecule has 0 saturated heterocycles. The molecule has 0 fully saturated rings. The Morgan fingerprint density at radius 2 is 1.89 bits per heavy atom. The van der Waals surface area contributed by atoms with Crippen molar-refractivity contribution < 1.29 is 13.6 Å². The maximum Gasteiger partial charge on any atom is 0.123 e. The van der Waals surface area contributed by atoms with Gasteiger partial charge >= 0.3 is 0 Å². The van der Waals surface area contributed by atoms with Crippen molar-refractivity contribution in [1.29, 1.82) is 5.26 Å². The molecule has 1 atom stereocenters. The number of nitriles is 1. The highest BCUT2D eigenvalue weighted by molar-refractivity contribution is 5.47. The molecular weight excluding hydrogens is 339 g/mol. The summed E-state index contributed by atoms with van der Waals surface area (Å²) in [7, 11) is 4.50. The Labute approximate surface area is 161 Å². The third-order valence-corrected chi connectivity index (χ3v) is 6.12. The van der Waals surface area contributed by atoms with E-state index in [0.29, 0.717) is 18.2 Å². The highest BCUT2D eigenvalue weighted by atomic mass is 19.1. The van der Waals surface area contributed by atoms with Crippen LogP contribution in [-0.2, 0) is 16.9 Å². The van der Waals surface area contributed by atoms with Crippen LogP contribution in [0.5, 0.6) is 0 Å². The van der Waals surface area contributed by atoms with E-state index in [1.54, 1.807) is 0 Å². The zero-order valence-corrected chi connectivity index (χ0v) is 16.6. The van der Waals surface area contributed by atoms with E-state index in [4.69, 9.17) is 4.74 Å². The fraction of sp³-hybridized carbons (Fsp3) is 0.435. The van der Waals surface area contributed by atoms with E-state index in [1.807, 2.05) is 30.3 Å². The maximum absolute atomic E-state index is 13.5. The number of hydrogen-bond donors (Lipinski definition) is 0. The van der Waals surface area contributed by atoms with Crippen LogP contribution in [0.1, 0.15) is 48.9 Å². The van der Waals surface area contributed by atoms with Gasteiger partial charge in [-0.3, -0.25) is 0 Å². The Balaban J connectivity index is 1.95. The van der Waals surface area contributed by atoms with Gasteiger partial charge in [-0.15, -0.1) is 0 Å². The Bertz CT molecular complexity index is 852. The van der Waals surface area contributed by atoms with Gasteiger partial charge in [0.05, 0.1) is 44.9 Å². The molecule has 1 aliphatic rings. The van der Waals surface area contributed by atoms with Gasteiger partial charge in [-0.25, -0.2) is 4.39 Å². The average Bonchev–Trinajstić information content (AvgIpc) is 3.01. The van der Waals surface area contributed by atoms with E-state index in [0.717, 1.165) is 40.6 Å². The summed E-state index contributed by atoms with van der Waals surface area (Å²) >= 11 is 0. The maximum atomic E-state index is 13.5. The minimum absolute atomic E-state index is 0.246. The SMILES string of the molecule is CC(C)[N+](C)(C)CCCC1(c2ccc(F)cc2)OCc2cc(C#N)ccc21. The minimum atomic E-state index is -0.575. The molecule has 1 unspecified atom stereocenters. The van der Waals surface area contributed by atoms with Gasteiger partial charge in [0.15, 0.2) is 0 Å². The van der Waals surface area contributed by atoms with E-state index in [1.165, 1.54) is 12.1 Å². The summed E-state index contributed by atoms with van der Waals surface area (Å²) in [5.41, 5.74) is 3.19. The van der Waals surface area contributed by atoms with E-state index >= 15 is 0 Å². The Kier molecular flexibility index (Phi) is 5.37. The summed E-state index contributed by atoms with van der Waals surface area (Å²) in [5.74, 6) is -0.246. The smallest absolute Gasteiger partial charge is 0.123 e. The molecule has 2 aromatic rings. The van der Waals surface area contributed by atoms with Crippen molar-refractivity contribution in [2.75, 3.05) is 20.6 Å². The molecule has 142 valence electrons. The van der Waals surface area contributed by atoms with Gasteiger partial charge in [-0.2, -0.15) is 5.26 Å². The van der Waals surface area contributed by atoms with Crippen molar-refractivity contribution >= 4 is 0 Å². The topological polar surface area (TPSA) is 33.0 Å². The number of quaternary nitrogens is 1. The number of fused-ring (bicyclic) bond motifs is 1. The van der Waals surface area contributed by atoms with Crippen molar-refractivity contribution in [2.24, 2.45) is 0 Å². The normalized spacial score (nSPS) is 19.1. The lowest BCUT2D eigenvalue weighted by Gasteiger charge is -2.36. The van der Waals surface area contributed by atoms with Crippen molar-refractivity contribution in [3.05, 3.63) is 70.5 Å². The van der Waals surface area contributed by atoms with Crippen molar-refractivity contribution in [1.82, 2.24) is 0 Å². The van der Waals surface area contributed by atoms with E-state index < -0.39 is 5.60 Å². The van der Waals surface area contributed by atoms with Crippen LogP contribution in [0.4, 0.5) is 4.39 Å². The molecule has 0 N–H and O–H groups in total. The molecule has 0 spiro atoms.